The number of morpholine rings is 1. The lowest BCUT2D eigenvalue weighted by atomic mass is 9.99. The summed E-state index contributed by atoms with van der Waals surface area (Å²) in [7, 11) is 0. The number of amides is 1. The summed E-state index contributed by atoms with van der Waals surface area (Å²) in [5.74, 6) is -1.12. The molecule has 0 unspecified atom stereocenters. The van der Waals surface area contributed by atoms with Crippen LogP contribution in [0.4, 0.5) is 24.9 Å². The van der Waals surface area contributed by atoms with E-state index < -0.39 is 29.7 Å². The quantitative estimate of drug-likeness (QED) is 0.715. The maximum absolute atomic E-state index is 14.1. The highest BCUT2D eigenvalue weighted by Crippen LogP contribution is 2.44. The molecule has 0 N–H and O–H groups in total. The van der Waals surface area contributed by atoms with E-state index in [1.807, 2.05) is 0 Å². The molecule has 1 amide bonds. The van der Waals surface area contributed by atoms with E-state index in [0.29, 0.717) is 31.2 Å². The van der Waals surface area contributed by atoms with Gasteiger partial charge >= 0.3 is 6.18 Å². The van der Waals surface area contributed by atoms with Gasteiger partial charge in [-0.3, -0.25) is 19.1 Å². The van der Waals surface area contributed by atoms with Crippen LogP contribution in [0.1, 0.15) is 17.3 Å². The largest absolute Gasteiger partial charge is 0.413 e. The lowest BCUT2D eigenvalue weighted by Crippen LogP contribution is -2.58. The first kappa shape index (κ1) is 20.7. The number of ether oxygens (including phenoxy) is 1. The first-order chi connectivity index (χ1) is 14.1. The Morgan fingerprint density at radius 1 is 1.23 bits per heavy atom. The summed E-state index contributed by atoms with van der Waals surface area (Å²) in [5.41, 5.74) is -3.42. The van der Waals surface area contributed by atoms with Crippen molar-refractivity contribution in [3.63, 3.8) is 0 Å². The third kappa shape index (κ3) is 3.24. The molecule has 1 fully saturated rings. The highest BCUT2D eigenvalue weighted by molar-refractivity contribution is 6.34. The van der Waals surface area contributed by atoms with Gasteiger partial charge in [0.05, 0.1) is 30.3 Å². The maximum Gasteiger partial charge on any atom is 0.413 e. The third-order valence-corrected chi connectivity index (χ3v) is 5.72. The Balaban J connectivity index is 1.88. The number of halogens is 4. The van der Waals surface area contributed by atoms with Crippen molar-refractivity contribution in [1.29, 1.82) is 0 Å². The van der Waals surface area contributed by atoms with Gasteiger partial charge in [-0.25, -0.2) is 0 Å². The molecule has 2 aromatic rings. The first-order valence-electron chi connectivity index (χ1n) is 9.24. The summed E-state index contributed by atoms with van der Waals surface area (Å²) < 4.78 is 48.5. The number of carbonyl (C=O) groups is 1. The summed E-state index contributed by atoms with van der Waals surface area (Å²) in [6, 6.07) is 7.02. The molecule has 1 aromatic carbocycles. The Bertz CT molecular complexity index is 1050. The Morgan fingerprint density at radius 3 is 2.53 bits per heavy atom. The summed E-state index contributed by atoms with van der Waals surface area (Å²) in [5, 5.41) is 0.0113. The molecule has 4 rings (SSSR count). The number of hydrogen-bond acceptors (Lipinski definition) is 5. The minimum absolute atomic E-state index is 0.0113. The molecule has 2 aliphatic heterocycles. The van der Waals surface area contributed by atoms with Crippen LogP contribution in [0.2, 0.25) is 5.02 Å². The molecule has 7 nitrogen and oxygen atoms in total. The summed E-state index contributed by atoms with van der Waals surface area (Å²) in [6.45, 7) is 1.81. The van der Waals surface area contributed by atoms with Crippen molar-refractivity contribution in [2.45, 2.75) is 25.2 Å². The Hall–Kier alpha value is -2.59. The van der Waals surface area contributed by atoms with E-state index in [0.717, 1.165) is 11.5 Å². The fraction of sp³-hybridized carbons (Fsp3) is 0.421. The number of anilines is 2. The number of aromatic nitrogens is 2. The number of hydrogen-bond donors (Lipinski definition) is 0. The minimum atomic E-state index is -4.82. The lowest BCUT2D eigenvalue weighted by Gasteiger charge is -2.35. The molecule has 1 atom stereocenters. The predicted molar refractivity (Wildman–Crippen MR) is 104 cm³/mol. The van der Waals surface area contributed by atoms with Gasteiger partial charge in [0.15, 0.2) is 5.54 Å². The summed E-state index contributed by atoms with van der Waals surface area (Å²) >= 11 is 6.08. The zero-order valence-corrected chi connectivity index (χ0v) is 16.7. The molecule has 0 bridgehead atoms. The second-order valence-corrected chi connectivity index (χ2v) is 7.74. The Kier molecular flexibility index (Phi) is 5.01. The number of fused-ring (bicyclic) bond motifs is 1. The van der Waals surface area contributed by atoms with Gasteiger partial charge in [0.2, 0.25) is 5.95 Å². The average molecular weight is 443 g/mol. The van der Waals surface area contributed by atoms with Crippen LogP contribution >= 0.6 is 11.6 Å². The molecule has 3 heterocycles. The van der Waals surface area contributed by atoms with Gasteiger partial charge in [-0.15, -0.1) is 0 Å². The van der Waals surface area contributed by atoms with E-state index >= 15 is 0 Å². The van der Waals surface area contributed by atoms with Crippen LogP contribution < -0.4 is 15.4 Å². The SMILES string of the molecule is C[C@@]1(C(F)(F)F)Cn2c(nc(N3CCOCC3)cc2=O)N1C(=O)c1ccccc1Cl. The molecule has 0 saturated carbocycles. The van der Waals surface area contributed by atoms with Crippen LogP contribution in [0.3, 0.4) is 0 Å². The average Bonchev–Trinajstić information content (AvgIpc) is 3.02. The third-order valence-electron chi connectivity index (χ3n) is 5.39. The van der Waals surface area contributed by atoms with Crippen LogP contribution in [-0.2, 0) is 11.3 Å². The monoisotopic (exact) mass is 442 g/mol. The first-order valence-corrected chi connectivity index (χ1v) is 9.62. The molecule has 1 saturated heterocycles. The molecule has 1 aromatic heterocycles. The van der Waals surface area contributed by atoms with Crippen molar-refractivity contribution in [3.05, 3.63) is 51.3 Å². The molecule has 30 heavy (non-hydrogen) atoms. The summed E-state index contributed by atoms with van der Waals surface area (Å²) in [6.07, 6.45) is -4.82. The van der Waals surface area contributed by atoms with Gasteiger partial charge in [0, 0.05) is 19.2 Å². The highest BCUT2D eigenvalue weighted by Gasteiger charge is 2.62. The standard InChI is InChI=1S/C19H18ClF3N4O3/c1-18(19(21,22)23)11-26-15(28)10-14(25-6-8-30-9-7-25)24-17(26)27(18)16(29)12-4-2-3-5-13(12)20/h2-5,10H,6-9,11H2,1H3/t18-/m0/s1. The van der Waals surface area contributed by atoms with Crippen molar-refractivity contribution < 1.29 is 22.7 Å². The van der Waals surface area contributed by atoms with Crippen molar-refractivity contribution in [2.75, 3.05) is 36.1 Å². The van der Waals surface area contributed by atoms with E-state index in [9.17, 15) is 22.8 Å². The topological polar surface area (TPSA) is 67.7 Å². The highest BCUT2D eigenvalue weighted by atomic mass is 35.5. The number of alkyl halides is 3. The van der Waals surface area contributed by atoms with E-state index in [2.05, 4.69) is 4.98 Å². The van der Waals surface area contributed by atoms with Crippen LogP contribution in [-0.4, -0.2) is 53.5 Å². The molecule has 0 radical (unpaired) electrons. The van der Waals surface area contributed by atoms with Crippen LogP contribution in [0, 0.1) is 0 Å². The van der Waals surface area contributed by atoms with Gasteiger partial charge in [-0.1, -0.05) is 23.7 Å². The van der Waals surface area contributed by atoms with Gasteiger partial charge in [-0.05, 0) is 19.1 Å². The van der Waals surface area contributed by atoms with E-state index in [4.69, 9.17) is 16.3 Å². The molecular weight excluding hydrogens is 425 g/mol. The second kappa shape index (κ2) is 7.28. The molecule has 0 spiro atoms. The van der Waals surface area contributed by atoms with Gasteiger partial charge < -0.3 is 9.64 Å². The zero-order valence-electron chi connectivity index (χ0n) is 15.9. The van der Waals surface area contributed by atoms with E-state index in [-0.39, 0.29) is 22.4 Å². The Morgan fingerprint density at radius 2 is 1.90 bits per heavy atom. The van der Waals surface area contributed by atoms with E-state index in [1.165, 1.54) is 24.3 Å². The zero-order chi connectivity index (χ0) is 21.7. The normalized spacial score (nSPS) is 21.6. The number of benzene rings is 1. The molecular formula is C19H18ClF3N4O3. The molecule has 2 aliphatic rings. The van der Waals surface area contributed by atoms with Crippen LogP contribution in [0.5, 0.6) is 0 Å². The Labute approximate surface area is 174 Å². The smallest absolute Gasteiger partial charge is 0.378 e. The van der Waals surface area contributed by atoms with Crippen LogP contribution in [0.15, 0.2) is 35.1 Å². The lowest BCUT2D eigenvalue weighted by molar-refractivity contribution is -0.180. The molecule has 160 valence electrons. The summed E-state index contributed by atoms with van der Waals surface area (Å²) in [4.78, 5) is 32.5. The van der Waals surface area contributed by atoms with Crippen molar-refractivity contribution in [1.82, 2.24) is 9.55 Å². The number of rotatable bonds is 2. The minimum Gasteiger partial charge on any atom is -0.378 e. The van der Waals surface area contributed by atoms with Crippen molar-refractivity contribution in [3.8, 4) is 0 Å². The van der Waals surface area contributed by atoms with Gasteiger partial charge in [0.25, 0.3) is 11.5 Å². The number of carbonyl (C=O) groups excluding carboxylic acids is 1. The maximum atomic E-state index is 14.1. The fourth-order valence-corrected chi connectivity index (χ4v) is 3.86. The van der Waals surface area contributed by atoms with Crippen molar-refractivity contribution in [2.24, 2.45) is 0 Å². The fourth-order valence-electron chi connectivity index (χ4n) is 3.64. The predicted octanol–water partition coefficient (Wildman–Crippen LogP) is 2.71. The van der Waals surface area contributed by atoms with Crippen LogP contribution in [0.25, 0.3) is 0 Å². The van der Waals surface area contributed by atoms with Gasteiger partial charge in [0.1, 0.15) is 5.82 Å². The van der Waals surface area contributed by atoms with Crippen molar-refractivity contribution >= 4 is 29.3 Å². The molecule has 0 aliphatic carbocycles. The van der Waals surface area contributed by atoms with Gasteiger partial charge in [-0.2, -0.15) is 18.2 Å². The number of nitrogens with zero attached hydrogens (tertiary/aromatic N) is 4. The van der Waals surface area contributed by atoms with E-state index in [1.54, 1.807) is 11.0 Å². The molecule has 11 heteroatoms. The second-order valence-electron chi connectivity index (χ2n) is 7.33.